The Labute approximate surface area is 178 Å². The lowest BCUT2D eigenvalue weighted by Crippen LogP contribution is -2.47. The minimum atomic E-state index is -1.91. The molecule has 1 atom stereocenters. The molecule has 0 aromatic heterocycles. The van der Waals surface area contributed by atoms with Crippen molar-refractivity contribution in [2.45, 2.75) is 18.9 Å². The van der Waals surface area contributed by atoms with Crippen LogP contribution in [0.15, 0.2) is 77.3 Å². The maximum Gasteiger partial charge on any atom is 0.339 e. The molecule has 4 rings (SSSR count). The fourth-order valence-electron chi connectivity index (χ4n) is 4.03. The van der Waals surface area contributed by atoms with Crippen molar-refractivity contribution in [3.05, 3.63) is 88.5 Å². The van der Waals surface area contributed by atoms with E-state index in [0.717, 1.165) is 5.56 Å². The van der Waals surface area contributed by atoms with E-state index in [1.165, 1.54) is 14.0 Å². The van der Waals surface area contributed by atoms with Crippen molar-refractivity contribution in [3.63, 3.8) is 0 Å². The summed E-state index contributed by atoms with van der Waals surface area (Å²) in [6.45, 7) is 1.45. The fourth-order valence-corrected chi connectivity index (χ4v) is 4.03. The molecule has 0 bridgehead atoms. The standard InChI is InChI=1S/C23H20N2O6/c1-13-17(21(27)30-12-14-8-4-3-5-9-14)23(22(28)31-13)15-10-6-7-11-16(15)25-19(24)18(23)20(26)29-2/h3-11,25H,12,24H2,1-2H3/t23-/m1/s1. The summed E-state index contributed by atoms with van der Waals surface area (Å²) in [6, 6.07) is 15.8. The van der Waals surface area contributed by atoms with E-state index in [1.807, 2.05) is 18.2 Å². The number of cyclic esters (lactones) is 1. The van der Waals surface area contributed by atoms with Gasteiger partial charge in [0.1, 0.15) is 29.3 Å². The van der Waals surface area contributed by atoms with E-state index in [9.17, 15) is 14.4 Å². The zero-order chi connectivity index (χ0) is 22.2. The molecule has 2 aliphatic heterocycles. The Morgan fingerprint density at radius 3 is 2.42 bits per heavy atom. The number of hydrogen-bond donors (Lipinski definition) is 2. The summed E-state index contributed by atoms with van der Waals surface area (Å²) in [4.78, 5) is 39.3. The van der Waals surface area contributed by atoms with Gasteiger partial charge in [0, 0.05) is 11.3 Å². The number of para-hydroxylation sites is 1. The molecule has 8 nitrogen and oxygen atoms in total. The zero-order valence-corrected chi connectivity index (χ0v) is 16.9. The van der Waals surface area contributed by atoms with Gasteiger partial charge in [-0.3, -0.25) is 0 Å². The molecule has 2 aromatic carbocycles. The SMILES string of the molecule is COC(=O)C1=C(N)Nc2ccccc2[C@]12C(=O)OC(C)=C2C(=O)OCc1ccccc1. The number of nitrogens with two attached hydrogens (primary N) is 1. The number of rotatable bonds is 4. The highest BCUT2D eigenvalue weighted by molar-refractivity contribution is 6.15. The lowest BCUT2D eigenvalue weighted by molar-refractivity contribution is -0.146. The van der Waals surface area contributed by atoms with Gasteiger partial charge in [-0.15, -0.1) is 0 Å². The molecule has 0 fully saturated rings. The number of carbonyl (C=O) groups excluding carboxylic acids is 3. The van der Waals surface area contributed by atoms with Crippen LogP contribution < -0.4 is 11.1 Å². The molecular formula is C23H20N2O6. The van der Waals surface area contributed by atoms with Gasteiger partial charge < -0.3 is 25.3 Å². The lowest BCUT2D eigenvalue weighted by Gasteiger charge is -2.35. The summed E-state index contributed by atoms with van der Waals surface area (Å²) in [6.07, 6.45) is 0. The van der Waals surface area contributed by atoms with Gasteiger partial charge in [-0.2, -0.15) is 0 Å². The van der Waals surface area contributed by atoms with Crippen molar-refractivity contribution in [1.29, 1.82) is 0 Å². The van der Waals surface area contributed by atoms with Crippen molar-refractivity contribution in [2.24, 2.45) is 5.73 Å². The van der Waals surface area contributed by atoms with Crippen LogP contribution in [-0.2, 0) is 40.6 Å². The van der Waals surface area contributed by atoms with Gasteiger partial charge >= 0.3 is 17.9 Å². The number of anilines is 1. The molecule has 2 aromatic rings. The number of allylic oxidation sites excluding steroid dienone is 1. The average molecular weight is 420 g/mol. The highest BCUT2D eigenvalue weighted by atomic mass is 16.6. The van der Waals surface area contributed by atoms with Gasteiger partial charge in [0.05, 0.1) is 7.11 Å². The first kappa shape index (κ1) is 20.2. The van der Waals surface area contributed by atoms with Gasteiger partial charge in [0.2, 0.25) is 0 Å². The average Bonchev–Trinajstić information content (AvgIpc) is 3.02. The molecule has 2 aliphatic rings. The number of fused-ring (bicyclic) bond motifs is 2. The predicted octanol–water partition coefficient (Wildman–Crippen LogP) is 2.27. The molecule has 0 amide bonds. The maximum absolute atomic E-state index is 13.3. The van der Waals surface area contributed by atoms with E-state index >= 15 is 0 Å². The van der Waals surface area contributed by atoms with E-state index in [4.69, 9.17) is 19.9 Å². The smallest absolute Gasteiger partial charge is 0.339 e. The van der Waals surface area contributed by atoms with Crippen molar-refractivity contribution in [3.8, 4) is 0 Å². The van der Waals surface area contributed by atoms with Crippen molar-refractivity contribution in [1.82, 2.24) is 0 Å². The largest absolute Gasteiger partial charge is 0.466 e. The lowest BCUT2D eigenvalue weighted by atomic mass is 9.67. The number of carbonyl (C=O) groups is 3. The van der Waals surface area contributed by atoms with Gasteiger partial charge in [-0.05, 0) is 18.6 Å². The summed E-state index contributed by atoms with van der Waals surface area (Å²) in [5, 5.41) is 2.90. The Kier molecular flexibility index (Phi) is 4.98. The highest BCUT2D eigenvalue weighted by Gasteiger charge is 2.62. The maximum atomic E-state index is 13.3. The molecule has 0 radical (unpaired) electrons. The number of hydrogen-bond acceptors (Lipinski definition) is 8. The molecule has 0 saturated heterocycles. The minimum absolute atomic E-state index is 0.0205. The van der Waals surface area contributed by atoms with Crippen molar-refractivity contribution < 1.29 is 28.6 Å². The van der Waals surface area contributed by atoms with Crippen molar-refractivity contribution >= 4 is 23.6 Å². The molecular weight excluding hydrogens is 400 g/mol. The Hall–Kier alpha value is -4.07. The summed E-state index contributed by atoms with van der Waals surface area (Å²) >= 11 is 0. The summed E-state index contributed by atoms with van der Waals surface area (Å²) in [5.41, 5.74) is 5.49. The Balaban J connectivity index is 1.87. The molecule has 2 heterocycles. The first-order chi connectivity index (χ1) is 14.9. The van der Waals surface area contributed by atoms with Crippen LogP contribution in [0.4, 0.5) is 5.69 Å². The van der Waals surface area contributed by atoms with Crippen molar-refractivity contribution in [2.75, 3.05) is 12.4 Å². The number of esters is 3. The molecule has 0 aliphatic carbocycles. The molecule has 8 heteroatoms. The van der Waals surface area contributed by atoms with Crippen LogP contribution in [0.2, 0.25) is 0 Å². The quantitative estimate of drug-likeness (QED) is 0.572. The van der Waals surface area contributed by atoms with Crippen LogP contribution >= 0.6 is 0 Å². The molecule has 3 N–H and O–H groups in total. The third-order valence-corrected chi connectivity index (χ3v) is 5.33. The Bertz CT molecular complexity index is 1150. The monoisotopic (exact) mass is 420 g/mol. The zero-order valence-electron chi connectivity index (χ0n) is 16.9. The van der Waals surface area contributed by atoms with Crippen LogP contribution in [0.25, 0.3) is 0 Å². The van der Waals surface area contributed by atoms with Crippen LogP contribution in [0.1, 0.15) is 18.1 Å². The van der Waals surface area contributed by atoms with Gasteiger partial charge in [0.15, 0.2) is 5.41 Å². The summed E-state index contributed by atoms with van der Waals surface area (Å²) in [7, 11) is 1.17. The molecule has 1 spiro atoms. The van der Waals surface area contributed by atoms with E-state index in [-0.39, 0.29) is 29.3 Å². The van der Waals surface area contributed by atoms with E-state index < -0.39 is 23.3 Å². The van der Waals surface area contributed by atoms with Crippen LogP contribution in [0.5, 0.6) is 0 Å². The van der Waals surface area contributed by atoms with Crippen LogP contribution in [0.3, 0.4) is 0 Å². The second kappa shape index (κ2) is 7.64. The Morgan fingerprint density at radius 1 is 1.03 bits per heavy atom. The second-order valence-electron chi connectivity index (χ2n) is 7.08. The normalized spacial score (nSPS) is 19.6. The fraction of sp³-hybridized carbons (Fsp3) is 0.174. The third kappa shape index (κ3) is 3.04. The van der Waals surface area contributed by atoms with Gasteiger partial charge in [-0.1, -0.05) is 48.5 Å². The summed E-state index contributed by atoms with van der Waals surface area (Å²) in [5.74, 6) is -2.55. The predicted molar refractivity (Wildman–Crippen MR) is 110 cm³/mol. The third-order valence-electron chi connectivity index (χ3n) is 5.33. The number of nitrogens with one attached hydrogen (secondary N) is 1. The first-order valence-electron chi connectivity index (χ1n) is 9.51. The van der Waals surface area contributed by atoms with E-state index in [0.29, 0.717) is 11.3 Å². The van der Waals surface area contributed by atoms with Crippen LogP contribution in [-0.4, -0.2) is 25.0 Å². The van der Waals surface area contributed by atoms with E-state index in [2.05, 4.69) is 5.32 Å². The van der Waals surface area contributed by atoms with Gasteiger partial charge in [0.25, 0.3) is 0 Å². The van der Waals surface area contributed by atoms with Crippen LogP contribution in [0, 0.1) is 0 Å². The molecule has 0 saturated carbocycles. The molecule has 31 heavy (non-hydrogen) atoms. The number of ether oxygens (including phenoxy) is 3. The number of benzene rings is 2. The molecule has 158 valence electrons. The second-order valence-corrected chi connectivity index (χ2v) is 7.08. The Morgan fingerprint density at radius 2 is 1.71 bits per heavy atom. The van der Waals surface area contributed by atoms with Gasteiger partial charge in [-0.25, -0.2) is 14.4 Å². The first-order valence-corrected chi connectivity index (χ1v) is 9.51. The number of methoxy groups -OCH3 is 1. The molecule has 0 unspecified atom stereocenters. The minimum Gasteiger partial charge on any atom is -0.466 e. The van der Waals surface area contributed by atoms with E-state index in [1.54, 1.807) is 36.4 Å². The highest BCUT2D eigenvalue weighted by Crippen LogP contribution is 2.52. The summed E-state index contributed by atoms with van der Waals surface area (Å²) < 4.78 is 15.8. The topological polar surface area (TPSA) is 117 Å².